The van der Waals surface area contributed by atoms with E-state index in [0.717, 1.165) is 35.9 Å². The first kappa shape index (κ1) is 17.6. The molecular formula is C22H21N5O2. The molecule has 146 valence electrons. The molecule has 7 heteroatoms. The van der Waals surface area contributed by atoms with Crippen LogP contribution in [0, 0.1) is 0 Å². The van der Waals surface area contributed by atoms with Crippen molar-refractivity contribution in [1.29, 1.82) is 0 Å². The third-order valence-electron chi connectivity index (χ3n) is 5.55. The van der Waals surface area contributed by atoms with Crippen LogP contribution in [-0.4, -0.2) is 43.6 Å². The number of aromatic nitrogens is 4. The summed E-state index contributed by atoms with van der Waals surface area (Å²) in [7, 11) is 1.99. The lowest BCUT2D eigenvalue weighted by Crippen LogP contribution is -2.39. The first-order valence-corrected chi connectivity index (χ1v) is 9.77. The Hall–Kier alpha value is -3.48. The van der Waals surface area contributed by atoms with E-state index in [9.17, 15) is 4.79 Å². The molecule has 0 spiro atoms. The molecule has 7 nitrogen and oxygen atoms in total. The number of likely N-dealkylation sites (tertiary alicyclic amines) is 1. The van der Waals surface area contributed by atoms with Crippen molar-refractivity contribution in [2.75, 3.05) is 13.1 Å². The Bertz CT molecular complexity index is 1160. The fourth-order valence-corrected chi connectivity index (χ4v) is 3.95. The maximum absolute atomic E-state index is 13.1. The summed E-state index contributed by atoms with van der Waals surface area (Å²) in [5.74, 6) is 1.21. The van der Waals surface area contributed by atoms with Gasteiger partial charge in [-0.15, -0.1) is 0 Å². The number of aryl methyl sites for hydroxylation is 1. The molecule has 29 heavy (non-hydrogen) atoms. The second-order valence-corrected chi connectivity index (χ2v) is 7.49. The van der Waals surface area contributed by atoms with Crippen molar-refractivity contribution in [2.24, 2.45) is 7.05 Å². The highest BCUT2D eigenvalue weighted by molar-refractivity contribution is 5.98. The number of hydrogen-bond acceptors (Lipinski definition) is 5. The van der Waals surface area contributed by atoms with Crippen molar-refractivity contribution < 1.29 is 9.32 Å². The first-order chi connectivity index (χ1) is 14.2. The van der Waals surface area contributed by atoms with E-state index in [4.69, 9.17) is 4.52 Å². The van der Waals surface area contributed by atoms with Crippen molar-refractivity contribution in [3.63, 3.8) is 0 Å². The molecule has 5 rings (SSSR count). The van der Waals surface area contributed by atoms with Crippen LogP contribution in [0.3, 0.4) is 0 Å². The van der Waals surface area contributed by atoms with Gasteiger partial charge in [-0.05, 0) is 48.6 Å². The van der Waals surface area contributed by atoms with E-state index in [0.29, 0.717) is 23.8 Å². The van der Waals surface area contributed by atoms with Crippen LogP contribution < -0.4 is 0 Å². The molecule has 1 saturated heterocycles. The molecule has 1 atom stereocenters. The number of rotatable bonds is 3. The van der Waals surface area contributed by atoms with Crippen molar-refractivity contribution in [3.8, 4) is 11.4 Å². The van der Waals surface area contributed by atoms with Gasteiger partial charge in [0.25, 0.3) is 5.91 Å². The van der Waals surface area contributed by atoms with E-state index < -0.39 is 0 Å². The van der Waals surface area contributed by atoms with E-state index in [1.165, 1.54) is 0 Å². The lowest BCUT2D eigenvalue weighted by atomic mass is 9.97. The van der Waals surface area contributed by atoms with Gasteiger partial charge in [-0.2, -0.15) is 4.98 Å². The second-order valence-electron chi connectivity index (χ2n) is 7.49. The van der Waals surface area contributed by atoms with Crippen LogP contribution in [0.2, 0.25) is 0 Å². The van der Waals surface area contributed by atoms with Gasteiger partial charge in [0, 0.05) is 55.4 Å². The molecule has 4 aromatic rings. The van der Waals surface area contributed by atoms with Crippen LogP contribution in [0.15, 0.2) is 59.5 Å². The molecule has 1 aromatic carbocycles. The summed E-state index contributed by atoms with van der Waals surface area (Å²) in [6.45, 7) is 1.32. The zero-order valence-corrected chi connectivity index (χ0v) is 16.2. The van der Waals surface area contributed by atoms with Crippen molar-refractivity contribution in [3.05, 3.63) is 66.4 Å². The number of carbonyl (C=O) groups excluding carboxylic acids is 1. The van der Waals surface area contributed by atoms with Gasteiger partial charge in [0.2, 0.25) is 11.7 Å². The number of amides is 1. The molecule has 0 N–H and O–H groups in total. The number of fused-ring (bicyclic) bond motifs is 1. The molecule has 1 fully saturated rings. The van der Waals surface area contributed by atoms with Crippen LogP contribution in [0.25, 0.3) is 22.3 Å². The standard InChI is InChI=1S/C22H21N5O2/c1-26-11-8-15-6-7-16(12-19(15)26)22(28)27-10-3-5-18(14-27)21-24-20(25-29-21)17-4-2-9-23-13-17/h2,4,6-9,11-13,18H,3,5,10,14H2,1H3. The maximum Gasteiger partial charge on any atom is 0.253 e. The highest BCUT2D eigenvalue weighted by Gasteiger charge is 2.29. The Morgan fingerprint density at radius 3 is 3.03 bits per heavy atom. The molecule has 1 unspecified atom stereocenters. The molecule has 0 radical (unpaired) electrons. The van der Waals surface area contributed by atoms with E-state index >= 15 is 0 Å². The zero-order valence-electron chi connectivity index (χ0n) is 16.2. The first-order valence-electron chi connectivity index (χ1n) is 9.77. The Kier molecular flexibility index (Phi) is 4.35. The number of piperidine rings is 1. The average Bonchev–Trinajstić information content (AvgIpc) is 3.41. The van der Waals surface area contributed by atoms with Crippen molar-refractivity contribution in [1.82, 2.24) is 24.6 Å². The second kappa shape index (κ2) is 7.16. The molecule has 1 aliphatic rings. The van der Waals surface area contributed by atoms with Crippen LogP contribution in [0.4, 0.5) is 0 Å². The van der Waals surface area contributed by atoms with Gasteiger partial charge in [0.05, 0.1) is 5.92 Å². The third kappa shape index (κ3) is 3.29. The normalized spacial score (nSPS) is 17.0. The summed E-state index contributed by atoms with van der Waals surface area (Å²) in [6, 6.07) is 11.7. The lowest BCUT2D eigenvalue weighted by molar-refractivity contribution is 0.0696. The number of benzene rings is 1. The van der Waals surface area contributed by atoms with Crippen molar-refractivity contribution >= 4 is 16.8 Å². The molecule has 1 amide bonds. The molecule has 1 aliphatic heterocycles. The number of hydrogen-bond donors (Lipinski definition) is 0. The average molecular weight is 387 g/mol. The molecule has 0 bridgehead atoms. The summed E-state index contributed by atoms with van der Waals surface area (Å²) >= 11 is 0. The van der Waals surface area contributed by atoms with E-state index in [1.54, 1.807) is 12.4 Å². The minimum Gasteiger partial charge on any atom is -0.351 e. The fraction of sp³-hybridized carbons (Fsp3) is 0.273. The predicted molar refractivity (Wildman–Crippen MR) is 108 cm³/mol. The van der Waals surface area contributed by atoms with Gasteiger partial charge < -0.3 is 14.0 Å². The molecule has 4 heterocycles. The van der Waals surface area contributed by atoms with E-state index in [2.05, 4.69) is 21.2 Å². The van der Waals surface area contributed by atoms with E-state index in [1.807, 2.05) is 53.0 Å². The third-order valence-corrected chi connectivity index (χ3v) is 5.55. The molecular weight excluding hydrogens is 366 g/mol. The molecule has 0 aliphatic carbocycles. The number of nitrogens with zero attached hydrogens (tertiary/aromatic N) is 5. The Morgan fingerprint density at radius 1 is 1.24 bits per heavy atom. The Labute approximate surface area is 168 Å². The van der Waals surface area contributed by atoms with Gasteiger partial charge in [0.1, 0.15) is 0 Å². The molecule has 3 aromatic heterocycles. The van der Waals surface area contributed by atoms with Crippen LogP contribution in [-0.2, 0) is 7.05 Å². The number of pyridine rings is 1. The fourth-order valence-electron chi connectivity index (χ4n) is 3.95. The van der Waals surface area contributed by atoms with Crippen LogP contribution >= 0.6 is 0 Å². The largest absolute Gasteiger partial charge is 0.351 e. The highest BCUT2D eigenvalue weighted by Crippen LogP contribution is 2.28. The van der Waals surface area contributed by atoms with E-state index in [-0.39, 0.29) is 11.8 Å². The zero-order chi connectivity index (χ0) is 19.8. The number of carbonyl (C=O) groups is 1. The van der Waals surface area contributed by atoms with Gasteiger partial charge in [-0.25, -0.2) is 0 Å². The van der Waals surface area contributed by atoms with Gasteiger partial charge in [-0.3, -0.25) is 9.78 Å². The SMILES string of the molecule is Cn1ccc2ccc(C(=O)N3CCCC(c4nc(-c5cccnc5)no4)C3)cc21. The molecule has 0 saturated carbocycles. The van der Waals surface area contributed by atoms with Crippen molar-refractivity contribution in [2.45, 2.75) is 18.8 Å². The smallest absolute Gasteiger partial charge is 0.253 e. The topological polar surface area (TPSA) is 77.1 Å². The monoisotopic (exact) mass is 387 g/mol. The maximum atomic E-state index is 13.1. The van der Waals surface area contributed by atoms with Gasteiger partial charge in [0.15, 0.2) is 0 Å². The Balaban J connectivity index is 1.35. The summed E-state index contributed by atoms with van der Waals surface area (Å²) in [5.41, 5.74) is 2.59. The van der Waals surface area contributed by atoms with Crippen LogP contribution in [0.5, 0.6) is 0 Å². The van der Waals surface area contributed by atoms with Crippen LogP contribution in [0.1, 0.15) is 35.0 Å². The van der Waals surface area contributed by atoms with Gasteiger partial charge in [-0.1, -0.05) is 11.2 Å². The Morgan fingerprint density at radius 2 is 2.17 bits per heavy atom. The lowest BCUT2D eigenvalue weighted by Gasteiger charge is -2.31. The summed E-state index contributed by atoms with van der Waals surface area (Å²) < 4.78 is 7.56. The predicted octanol–water partition coefficient (Wildman–Crippen LogP) is 3.64. The van der Waals surface area contributed by atoms with Gasteiger partial charge >= 0.3 is 0 Å². The summed E-state index contributed by atoms with van der Waals surface area (Å²) in [5, 5.41) is 5.23. The quantitative estimate of drug-likeness (QED) is 0.536. The minimum absolute atomic E-state index is 0.0457. The summed E-state index contributed by atoms with van der Waals surface area (Å²) in [4.78, 5) is 23.7. The highest BCUT2D eigenvalue weighted by atomic mass is 16.5. The summed E-state index contributed by atoms with van der Waals surface area (Å²) in [6.07, 6.45) is 7.26. The minimum atomic E-state index is 0.0457.